The van der Waals surface area contributed by atoms with Gasteiger partial charge in [-0.1, -0.05) is 13.8 Å². The summed E-state index contributed by atoms with van der Waals surface area (Å²) in [6.07, 6.45) is 0.750. The van der Waals surface area contributed by atoms with Gasteiger partial charge in [0.2, 0.25) is 5.91 Å². The third-order valence-corrected chi connectivity index (χ3v) is 2.54. The van der Waals surface area contributed by atoms with Crippen LogP contribution in [-0.4, -0.2) is 37.1 Å². The molecule has 0 saturated heterocycles. The van der Waals surface area contributed by atoms with Gasteiger partial charge in [0.25, 0.3) is 11.8 Å². The Hall–Kier alpha value is -2.84. The molecule has 1 aromatic rings. The molecule has 0 saturated carbocycles. The molecule has 0 aliphatic heterocycles. The minimum Gasteiger partial charge on any atom is -0.446 e. The molecule has 0 radical (unpaired) electrons. The molecule has 9 heteroatoms. The van der Waals surface area contributed by atoms with E-state index in [1.54, 1.807) is 13.8 Å². The topological polar surface area (TPSA) is 164 Å². The van der Waals surface area contributed by atoms with Gasteiger partial charge in [0.05, 0.1) is 6.34 Å². The van der Waals surface area contributed by atoms with Crippen LogP contribution in [-0.2, 0) is 4.79 Å². The normalized spacial score (nSPS) is 10.9. The fraction of sp³-hybridized carbons (Fsp3) is 0.385. The Balaban J connectivity index is 0.00000135. The molecule has 3 amide bonds. The first-order chi connectivity index (χ1) is 10.3. The van der Waals surface area contributed by atoms with Crippen LogP contribution in [0, 0.1) is 11.3 Å². The van der Waals surface area contributed by atoms with Crippen molar-refractivity contribution in [2.75, 3.05) is 7.05 Å². The smallest absolute Gasteiger partial charge is 0.287 e. The van der Waals surface area contributed by atoms with E-state index >= 15 is 0 Å². The van der Waals surface area contributed by atoms with Gasteiger partial charge >= 0.3 is 0 Å². The number of furan rings is 1. The lowest BCUT2D eigenvalue weighted by Gasteiger charge is -2.17. The van der Waals surface area contributed by atoms with E-state index in [4.69, 9.17) is 15.6 Å². The van der Waals surface area contributed by atoms with Crippen molar-refractivity contribution < 1.29 is 18.8 Å². The molecule has 0 aliphatic carbocycles. The molecule has 22 heavy (non-hydrogen) atoms. The number of amides is 3. The summed E-state index contributed by atoms with van der Waals surface area (Å²) in [4.78, 5) is 34.3. The highest BCUT2D eigenvalue weighted by Gasteiger charge is 2.24. The first-order valence-corrected chi connectivity index (χ1v) is 6.41. The Labute approximate surface area is 127 Å². The van der Waals surface area contributed by atoms with E-state index in [9.17, 15) is 14.4 Å². The predicted molar refractivity (Wildman–Crippen MR) is 80.4 cm³/mol. The van der Waals surface area contributed by atoms with Gasteiger partial charge in [0.15, 0.2) is 11.5 Å². The molecule has 9 nitrogen and oxygen atoms in total. The van der Waals surface area contributed by atoms with Crippen molar-refractivity contribution in [3.63, 3.8) is 0 Å². The van der Waals surface area contributed by atoms with E-state index in [1.807, 2.05) is 0 Å². The highest BCUT2D eigenvalue weighted by atomic mass is 16.4. The molecule has 0 fully saturated rings. The summed E-state index contributed by atoms with van der Waals surface area (Å²) in [5.74, 6) is -1.82. The quantitative estimate of drug-likeness (QED) is 0.362. The highest BCUT2D eigenvalue weighted by molar-refractivity contribution is 5.97. The largest absolute Gasteiger partial charge is 0.446 e. The maximum Gasteiger partial charge on any atom is 0.287 e. The molecule has 0 aliphatic rings. The van der Waals surface area contributed by atoms with Crippen LogP contribution in [0.1, 0.15) is 35.0 Å². The number of nitrogens with two attached hydrogens (primary N) is 2. The fourth-order valence-electron chi connectivity index (χ4n) is 1.48. The van der Waals surface area contributed by atoms with E-state index in [2.05, 4.69) is 16.4 Å². The fourth-order valence-corrected chi connectivity index (χ4v) is 1.48. The van der Waals surface area contributed by atoms with Crippen molar-refractivity contribution in [2.24, 2.45) is 17.4 Å². The lowest BCUT2D eigenvalue weighted by Crippen LogP contribution is -2.47. The molecule has 1 unspecified atom stereocenters. The zero-order valence-corrected chi connectivity index (χ0v) is 12.7. The average Bonchev–Trinajstić information content (AvgIpc) is 2.93. The van der Waals surface area contributed by atoms with Crippen molar-refractivity contribution in [2.45, 2.75) is 19.9 Å². The monoisotopic (exact) mass is 311 g/mol. The van der Waals surface area contributed by atoms with Crippen molar-refractivity contribution in [1.82, 2.24) is 10.6 Å². The second kappa shape index (κ2) is 9.16. The molecular weight excluding hydrogens is 290 g/mol. The van der Waals surface area contributed by atoms with Crippen LogP contribution in [0.15, 0.2) is 16.5 Å². The van der Waals surface area contributed by atoms with E-state index in [0.717, 1.165) is 6.34 Å². The average molecular weight is 311 g/mol. The van der Waals surface area contributed by atoms with Crippen LogP contribution in [0.5, 0.6) is 0 Å². The highest BCUT2D eigenvalue weighted by Crippen LogP contribution is 2.09. The predicted octanol–water partition coefficient (Wildman–Crippen LogP) is -0.569. The summed E-state index contributed by atoms with van der Waals surface area (Å²) in [6.45, 7) is 3.52. The summed E-state index contributed by atoms with van der Waals surface area (Å²) in [5.41, 5.74) is 9.58. The first kappa shape index (κ1) is 19.2. The molecule has 7 N–H and O–H groups in total. The lowest BCUT2D eigenvalue weighted by atomic mass is 10.0. The minimum absolute atomic E-state index is 0.0211. The van der Waals surface area contributed by atoms with Gasteiger partial charge in [-0.3, -0.25) is 19.8 Å². The van der Waals surface area contributed by atoms with Gasteiger partial charge in [0, 0.05) is 7.05 Å². The summed E-state index contributed by atoms with van der Waals surface area (Å²) in [6, 6.07) is 1.95. The zero-order valence-electron chi connectivity index (χ0n) is 12.7. The van der Waals surface area contributed by atoms with Crippen molar-refractivity contribution in [3.8, 4) is 0 Å². The van der Waals surface area contributed by atoms with Crippen molar-refractivity contribution in [3.05, 3.63) is 23.7 Å². The Morgan fingerprint density at radius 1 is 1.23 bits per heavy atom. The standard InChI is InChI=1S/C12H17N3O4.CH4N2/c1-6(2)9(10(13)16)15-12(18)8-5-4-7(19-8)11(17)14-3;2-1-3/h4-6,9H,1-3H3,(H2,13,16)(H,14,17)(H,15,18);1H,(H3,2,3). The molecule has 1 heterocycles. The second-order valence-electron chi connectivity index (χ2n) is 4.51. The van der Waals surface area contributed by atoms with Crippen LogP contribution >= 0.6 is 0 Å². The molecular formula is C13H21N5O4. The maximum absolute atomic E-state index is 11.8. The zero-order chi connectivity index (χ0) is 17.3. The van der Waals surface area contributed by atoms with Gasteiger partial charge in [-0.25, -0.2) is 0 Å². The first-order valence-electron chi connectivity index (χ1n) is 6.41. The number of hydrogen-bond donors (Lipinski definition) is 5. The number of rotatable bonds is 5. The number of primary amides is 1. The van der Waals surface area contributed by atoms with Gasteiger partial charge in [-0.05, 0) is 18.1 Å². The molecule has 1 aromatic heterocycles. The molecule has 122 valence electrons. The van der Waals surface area contributed by atoms with Gasteiger partial charge in [0.1, 0.15) is 6.04 Å². The SMILES string of the molecule is CNC(=O)c1ccc(C(=O)NC(C(N)=O)C(C)C)o1.N=CN. The Morgan fingerprint density at radius 2 is 1.68 bits per heavy atom. The van der Waals surface area contributed by atoms with Crippen LogP contribution in [0.3, 0.4) is 0 Å². The number of carbonyl (C=O) groups is 3. The number of hydrogen-bond acceptors (Lipinski definition) is 5. The lowest BCUT2D eigenvalue weighted by molar-refractivity contribution is -0.120. The van der Waals surface area contributed by atoms with E-state index in [-0.39, 0.29) is 17.4 Å². The van der Waals surface area contributed by atoms with Gasteiger partial charge < -0.3 is 26.5 Å². The maximum atomic E-state index is 11.8. The van der Waals surface area contributed by atoms with Crippen LogP contribution in [0.25, 0.3) is 0 Å². The molecule has 0 bridgehead atoms. The van der Waals surface area contributed by atoms with Crippen molar-refractivity contribution >= 4 is 24.1 Å². The van der Waals surface area contributed by atoms with E-state index in [0.29, 0.717) is 0 Å². The Morgan fingerprint density at radius 3 is 2.05 bits per heavy atom. The molecule has 1 rings (SSSR count). The van der Waals surface area contributed by atoms with Gasteiger partial charge in [-0.2, -0.15) is 0 Å². The third kappa shape index (κ3) is 5.65. The summed E-state index contributed by atoms with van der Waals surface area (Å²) < 4.78 is 5.08. The summed E-state index contributed by atoms with van der Waals surface area (Å²) >= 11 is 0. The summed E-state index contributed by atoms with van der Waals surface area (Å²) in [5, 5.41) is 10.7. The molecule has 0 aromatic carbocycles. The second-order valence-corrected chi connectivity index (χ2v) is 4.51. The Bertz CT molecular complexity index is 538. The van der Waals surface area contributed by atoms with E-state index < -0.39 is 23.8 Å². The van der Waals surface area contributed by atoms with Crippen LogP contribution < -0.4 is 22.1 Å². The van der Waals surface area contributed by atoms with Crippen LogP contribution in [0.2, 0.25) is 0 Å². The molecule has 0 spiro atoms. The minimum atomic E-state index is -0.791. The number of carbonyl (C=O) groups excluding carboxylic acids is 3. The Kier molecular flexibility index (Phi) is 7.98. The van der Waals surface area contributed by atoms with E-state index in [1.165, 1.54) is 19.2 Å². The van der Waals surface area contributed by atoms with Crippen molar-refractivity contribution in [1.29, 1.82) is 5.41 Å². The molecule has 1 atom stereocenters. The number of nitrogens with one attached hydrogen (secondary N) is 3. The van der Waals surface area contributed by atoms with Crippen LogP contribution in [0.4, 0.5) is 0 Å². The summed E-state index contributed by atoms with van der Waals surface area (Å²) in [7, 11) is 1.45. The van der Waals surface area contributed by atoms with Gasteiger partial charge in [-0.15, -0.1) is 0 Å². The third-order valence-electron chi connectivity index (χ3n) is 2.54.